The second kappa shape index (κ2) is 3.98. The van der Waals surface area contributed by atoms with Crippen molar-refractivity contribution in [3.05, 3.63) is 23.8 Å². The molecule has 0 amide bonds. The summed E-state index contributed by atoms with van der Waals surface area (Å²) in [6, 6.07) is 5.75. The van der Waals surface area contributed by atoms with Gasteiger partial charge in [0.2, 0.25) is 0 Å². The lowest BCUT2D eigenvalue weighted by molar-refractivity contribution is 0.149. The van der Waals surface area contributed by atoms with Gasteiger partial charge in [0, 0.05) is 11.0 Å². The van der Waals surface area contributed by atoms with Gasteiger partial charge in [-0.15, -0.1) is 0 Å². The Morgan fingerprint density at radius 1 is 1.25 bits per heavy atom. The van der Waals surface area contributed by atoms with Crippen molar-refractivity contribution in [3.8, 4) is 11.5 Å². The topological polar surface area (TPSA) is 38.7 Å². The standard InChI is InChI=1S/C13H18O3/c1-9(14)13(6-7-13)11-8-10(15-2)4-5-12(11)16-3/h4-5,8-9,14H,6-7H2,1-3H3. The lowest BCUT2D eigenvalue weighted by Gasteiger charge is -2.22. The van der Waals surface area contributed by atoms with E-state index in [1.54, 1.807) is 14.2 Å². The highest BCUT2D eigenvalue weighted by molar-refractivity contribution is 5.48. The number of hydrogen-bond donors (Lipinski definition) is 1. The molecule has 1 aromatic carbocycles. The van der Waals surface area contributed by atoms with E-state index in [1.165, 1.54) is 0 Å². The van der Waals surface area contributed by atoms with Crippen LogP contribution < -0.4 is 9.47 Å². The first-order valence-electron chi connectivity index (χ1n) is 5.54. The van der Waals surface area contributed by atoms with Crippen LogP contribution >= 0.6 is 0 Å². The minimum absolute atomic E-state index is 0.125. The van der Waals surface area contributed by atoms with Crippen LogP contribution in [0, 0.1) is 0 Å². The number of aliphatic hydroxyl groups excluding tert-OH is 1. The zero-order valence-electron chi connectivity index (χ0n) is 9.99. The molecule has 1 aliphatic rings. The first kappa shape index (κ1) is 11.3. The van der Waals surface area contributed by atoms with E-state index in [4.69, 9.17) is 9.47 Å². The maximum absolute atomic E-state index is 9.88. The summed E-state index contributed by atoms with van der Waals surface area (Å²) in [5.74, 6) is 1.64. The van der Waals surface area contributed by atoms with E-state index in [0.717, 1.165) is 29.9 Å². The smallest absolute Gasteiger partial charge is 0.122 e. The Bertz CT molecular complexity index is 381. The Morgan fingerprint density at radius 3 is 2.38 bits per heavy atom. The molecular formula is C13H18O3. The highest BCUT2D eigenvalue weighted by Gasteiger charge is 2.50. The van der Waals surface area contributed by atoms with E-state index in [1.807, 2.05) is 25.1 Å². The van der Waals surface area contributed by atoms with Gasteiger partial charge < -0.3 is 14.6 Å². The molecule has 0 bridgehead atoms. The second-order valence-electron chi connectivity index (χ2n) is 4.40. The SMILES string of the molecule is COc1ccc(OC)c(C2(C(C)O)CC2)c1. The van der Waals surface area contributed by atoms with Crippen LogP contribution in [0.1, 0.15) is 25.3 Å². The molecule has 1 fully saturated rings. The van der Waals surface area contributed by atoms with Gasteiger partial charge in [0.05, 0.1) is 20.3 Å². The van der Waals surface area contributed by atoms with Gasteiger partial charge in [0.25, 0.3) is 0 Å². The molecule has 0 radical (unpaired) electrons. The molecule has 1 aliphatic carbocycles. The van der Waals surface area contributed by atoms with Crippen LogP contribution in [-0.4, -0.2) is 25.4 Å². The normalized spacial score (nSPS) is 19.0. The third kappa shape index (κ3) is 1.65. The van der Waals surface area contributed by atoms with Crippen LogP contribution in [0.4, 0.5) is 0 Å². The Labute approximate surface area is 96.0 Å². The lowest BCUT2D eigenvalue weighted by atomic mass is 9.90. The first-order valence-corrected chi connectivity index (χ1v) is 5.54. The monoisotopic (exact) mass is 222 g/mol. The molecule has 3 heteroatoms. The van der Waals surface area contributed by atoms with E-state index in [2.05, 4.69) is 0 Å². The maximum atomic E-state index is 9.88. The van der Waals surface area contributed by atoms with Gasteiger partial charge in [-0.3, -0.25) is 0 Å². The third-order valence-corrected chi connectivity index (χ3v) is 3.53. The molecule has 1 aromatic rings. The van der Waals surface area contributed by atoms with Crippen LogP contribution in [0.15, 0.2) is 18.2 Å². The lowest BCUT2D eigenvalue weighted by Crippen LogP contribution is -2.23. The number of methoxy groups -OCH3 is 2. The van der Waals surface area contributed by atoms with Crippen molar-refractivity contribution in [1.82, 2.24) is 0 Å². The molecule has 1 atom stereocenters. The molecule has 0 spiro atoms. The van der Waals surface area contributed by atoms with Crippen LogP contribution in [0.25, 0.3) is 0 Å². The maximum Gasteiger partial charge on any atom is 0.122 e. The molecule has 3 nitrogen and oxygen atoms in total. The molecule has 0 heterocycles. The summed E-state index contributed by atoms with van der Waals surface area (Å²) in [5.41, 5.74) is 0.934. The van der Waals surface area contributed by atoms with Gasteiger partial charge >= 0.3 is 0 Å². The number of aliphatic hydroxyl groups is 1. The van der Waals surface area contributed by atoms with Gasteiger partial charge in [-0.25, -0.2) is 0 Å². The molecule has 88 valence electrons. The Balaban J connectivity index is 2.45. The fourth-order valence-electron chi connectivity index (χ4n) is 2.25. The number of rotatable bonds is 4. The predicted octanol–water partition coefficient (Wildman–Crippen LogP) is 2.12. The Hall–Kier alpha value is -1.22. The van der Waals surface area contributed by atoms with Crippen molar-refractivity contribution in [2.45, 2.75) is 31.3 Å². The number of hydrogen-bond acceptors (Lipinski definition) is 3. The summed E-state index contributed by atoms with van der Waals surface area (Å²) in [4.78, 5) is 0. The Kier molecular flexibility index (Phi) is 2.80. The van der Waals surface area contributed by atoms with Crippen molar-refractivity contribution in [1.29, 1.82) is 0 Å². The molecule has 0 saturated heterocycles. The van der Waals surface area contributed by atoms with Gasteiger partial charge in [-0.1, -0.05) is 0 Å². The Morgan fingerprint density at radius 2 is 1.94 bits per heavy atom. The minimum Gasteiger partial charge on any atom is -0.497 e. The molecular weight excluding hydrogens is 204 g/mol. The van der Waals surface area contributed by atoms with Crippen molar-refractivity contribution in [2.75, 3.05) is 14.2 Å². The fraction of sp³-hybridized carbons (Fsp3) is 0.538. The number of ether oxygens (including phenoxy) is 2. The predicted molar refractivity (Wildman–Crippen MR) is 62.1 cm³/mol. The highest BCUT2D eigenvalue weighted by Crippen LogP contribution is 2.54. The van der Waals surface area contributed by atoms with Crippen LogP contribution in [0.5, 0.6) is 11.5 Å². The average Bonchev–Trinajstić information content (AvgIpc) is 3.09. The van der Waals surface area contributed by atoms with E-state index in [0.29, 0.717) is 0 Å². The molecule has 0 aromatic heterocycles. The molecule has 16 heavy (non-hydrogen) atoms. The largest absolute Gasteiger partial charge is 0.497 e. The third-order valence-electron chi connectivity index (χ3n) is 3.53. The van der Waals surface area contributed by atoms with E-state index in [9.17, 15) is 5.11 Å². The van der Waals surface area contributed by atoms with Gasteiger partial charge in [0.1, 0.15) is 11.5 Å². The molecule has 1 unspecified atom stereocenters. The minimum atomic E-state index is -0.353. The van der Waals surface area contributed by atoms with E-state index < -0.39 is 0 Å². The van der Waals surface area contributed by atoms with Crippen molar-refractivity contribution < 1.29 is 14.6 Å². The molecule has 2 rings (SSSR count). The average molecular weight is 222 g/mol. The van der Waals surface area contributed by atoms with Crippen LogP contribution in [-0.2, 0) is 5.41 Å². The highest BCUT2D eigenvalue weighted by atomic mass is 16.5. The number of benzene rings is 1. The summed E-state index contributed by atoms with van der Waals surface area (Å²) in [6.45, 7) is 1.84. The summed E-state index contributed by atoms with van der Waals surface area (Å²) < 4.78 is 10.6. The van der Waals surface area contributed by atoms with Crippen LogP contribution in [0.3, 0.4) is 0 Å². The quantitative estimate of drug-likeness (QED) is 0.848. The summed E-state index contributed by atoms with van der Waals surface area (Å²) in [7, 11) is 3.30. The first-order chi connectivity index (χ1) is 7.64. The van der Waals surface area contributed by atoms with Gasteiger partial charge in [-0.2, -0.15) is 0 Å². The van der Waals surface area contributed by atoms with Gasteiger partial charge in [-0.05, 0) is 38.0 Å². The van der Waals surface area contributed by atoms with Crippen molar-refractivity contribution in [3.63, 3.8) is 0 Å². The molecule has 1 N–H and O–H groups in total. The van der Waals surface area contributed by atoms with Crippen LogP contribution in [0.2, 0.25) is 0 Å². The van der Waals surface area contributed by atoms with Gasteiger partial charge in [0.15, 0.2) is 0 Å². The second-order valence-corrected chi connectivity index (χ2v) is 4.40. The van der Waals surface area contributed by atoms with E-state index in [-0.39, 0.29) is 11.5 Å². The molecule has 0 aliphatic heterocycles. The zero-order valence-corrected chi connectivity index (χ0v) is 9.99. The van der Waals surface area contributed by atoms with Crippen molar-refractivity contribution >= 4 is 0 Å². The van der Waals surface area contributed by atoms with Crippen molar-refractivity contribution in [2.24, 2.45) is 0 Å². The summed E-state index contributed by atoms with van der Waals surface area (Å²) >= 11 is 0. The van der Waals surface area contributed by atoms with E-state index >= 15 is 0 Å². The summed E-state index contributed by atoms with van der Waals surface area (Å²) in [6.07, 6.45) is 1.66. The fourth-order valence-corrected chi connectivity index (χ4v) is 2.25. The molecule has 1 saturated carbocycles. The zero-order chi connectivity index (χ0) is 11.8. The summed E-state index contributed by atoms with van der Waals surface area (Å²) in [5, 5.41) is 9.88.